The van der Waals surface area contributed by atoms with E-state index >= 15 is 0 Å². The minimum Gasteiger partial charge on any atom is -0.463 e. The summed E-state index contributed by atoms with van der Waals surface area (Å²) in [4.78, 5) is 23.0. The molecule has 1 aromatic carbocycles. The summed E-state index contributed by atoms with van der Waals surface area (Å²) in [6.45, 7) is 1.73. The number of amides is 1. The van der Waals surface area contributed by atoms with Crippen LogP contribution in [0, 0.1) is 0 Å². The molecule has 146 valence electrons. The third-order valence-electron chi connectivity index (χ3n) is 2.91. The number of alkyl carbamates (subject to hydrolysis) is 1. The number of hydrogen-bond acceptors (Lipinski definition) is 6. The van der Waals surface area contributed by atoms with Gasteiger partial charge in [-0.15, -0.1) is 0 Å². The molecule has 0 heterocycles. The monoisotopic (exact) mass is 398 g/mol. The van der Waals surface area contributed by atoms with Crippen LogP contribution in [0.3, 0.4) is 0 Å². The van der Waals surface area contributed by atoms with Gasteiger partial charge in [0.05, 0.1) is 18.1 Å². The lowest BCUT2D eigenvalue weighted by atomic mass is 10.2. The van der Waals surface area contributed by atoms with E-state index in [2.05, 4.69) is 9.47 Å². The Bertz CT molecular complexity index is 739. The number of nitrogens with one attached hydrogen (secondary N) is 2. The van der Waals surface area contributed by atoms with Crippen LogP contribution in [0.2, 0.25) is 0 Å². The molecule has 12 heteroatoms. The maximum absolute atomic E-state index is 13.7. The van der Waals surface area contributed by atoms with Gasteiger partial charge in [0.25, 0.3) is 0 Å². The molecule has 1 amide bonds. The highest BCUT2D eigenvalue weighted by Crippen LogP contribution is 2.31. The normalized spacial score (nSPS) is 14.2. The number of ether oxygens (including phenoxy) is 2. The molecule has 8 nitrogen and oxygen atoms in total. The standard InChI is InChI=1S/C14H17F3N2O6S/c1-3-24-11(20)13(14(15,16)17,18-12(21)25-4-2)19-26(22,23)10-8-6-5-7-9-10/h5-9,19H,3-4H2,1-2H3,(H,18,21)/t13-/m1/s1. The fourth-order valence-corrected chi connectivity index (χ4v) is 3.07. The largest absolute Gasteiger partial charge is 0.463 e. The third kappa shape index (κ3) is 4.85. The quantitative estimate of drug-likeness (QED) is 0.532. The Kier molecular flexibility index (Phi) is 6.98. The highest BCUT2D eigenvalue weighted by molar-refractivity contribution is 7.89. The van der Waals surface area contributed by atoms with Gasteiger partial charge in [-0.3, -0.25) is 5.32 Å². The first-order chi connectivity index (χ1) is 12.0. The van der Waals surface area contributed by atoms with Gasteiger partial charge in [0.15, 0.2) is 0 Å². The minimum absolute atomic E-state index is 0.311. The van der Waals surface area contributed by atoms with Crippen LogP contribution in [0.5, 0.6) is 0 Å². The summed E-state index contributed by atoms with van der Waals surface area (Å²) >= 11 is 0. The molecule has 0 saturated carbocycles. The molecular formula is C14H17F3N2O6S. The number of halogens is 3. The smallest absolute Gasteiger partial charge is 0.437 e. The van der Waals surface area contributed by atoms with Crippen molar-refractivity contribution in [2.24, 2.45) is 0 Å². The Morgan fingerprint density at radius 2 is 1.58 bits per heavy atom. The number of rotatable bonds is 7. The van der Waals surface area contributed by atoms with Crippen LogP contribution in [0.15, 0.2) is 35.2 Å². The molecule has 0 aromatic heterocycles. The second-order valence-corrected chi connectivity index (χ2v) is 6.41. The molecule has 0 radical (unpaired) electrons. The minimum atomic E-state index is -5.58. The topological polar surface area (TPSA) is 111 Å². The summed E-state index contributed by atoms with van der Waals surface area (Å²) in [5.41, 5.74) is -4.07. The molecule has 1 atom stereocenters. The average molecular weight is 398 g/mol. The Labute approximate surface area is 147 Å². The van der Waals surface area contributed by atoms with Crippen molar-refractivity contribution in [1.29, 1.82) is 0 Å². The van der Waals surface area contributed by atoms with E-state index in [1.54, 1.807) is 0 Å². The molecule has 0 aliphatic carbocycles. The summed E-state index contributed by atoms with van der Waals surface area (Å²) in [6, 6.07) is 6.01. The molecule has 1 aromatic rings. The first-order valence-electron chi connectivity index (χ1n) is 7.28. The number of alkyl halides is 3. The predicted octanol–water partition coefficient (Wildman–Crippen LogP) is 1.53. The fraction of sp³-hybridized carbons (Fsp3) is 0.429. The molecular weight excluding hydrogens is 381 g/mol. The zero-order valence-corrected chi connectivity index (χ0v) is 14.6. The van der Waals surface area contributed by atoms with E-state index in [4.69, 9.17) is 0 Å². The van der Waals surface area contributed by atoms with Crippen molar-refractivity contribution in [3.63, 3.8) is 0 Å². The zero-order valence-electron chi connectivity index (χ0n) is 13.8. The fourth-order valence-electron chi connectivity index (χ4n) is 1.78. The van der Waals surface area contributed by atoms with E-state index < -0.39 is 45.4 Å². The van der Waals surface area contributed by atoms with E-state index in [0.29, 0.717) is 0 Å². The number of carbonyl (C=O) groups is 2. The number of benzene rings is 1. The Morgan fingerprint density at radius 1 is 1.04 bits per heavy atom. The van der Waals surface area contributed by atoms with Gasteiger partial charge in [-0.05, 0) is 26.0 Å². The summed E-state index contributed by atoms with van der Waals surface area (Å²) < 4.78 is 75.6. The number of sulfonamides is 1. The van der Waals surface area contributed by atoms with Crippen molar-refractivity contribution < 1.29 is 40.7 Å². The predicted molar refractivity (Wildman–Crippen MR) is 82.3 cm³/mol. The Hall–Kier alpha value is -2.34. The van der Waals surface area contributed by atoms with E-state index in [1.165, 1.54) is 42.1 Å². The average Bonchev–Trinajstić information content (AvgIpc) is 2.54. The summed E-state index contributed by atoms with van der Waals surface area (Å²) in [5, 5.41) is 1.23. The van der Waals surface area contributed by atoms with Crippen LogP contribution in [-0.2, 0) is 24.3 Å². The van der Waals surface area contributed by atoms with Crippen LogP contribution < -0.4 is 10.0 Å². The molecule has 0 aliphatic rings. The van der Waals surface area contributed by atoms with Gasteiger partial charge in [-0.1, -0.05) is 18.2 Å². The van der Waals surface area contributed by atoms with Gasteiger partial charge in [0.2, 0.25) is 10.0 Å². The summed E-state index contributed by atoms with van der Waals surface area (Å²) in [7, 11) is -4.87. The van der Waals surface area contributed by atoms with Crippen molar-refractivity contribution in [2.75, 3.05) is 13.2 Å². The van der Waals surface area contributed by atoms with Crippen LogP contribution in [0.1, 0.15) is 13.8 Å². The molecule has 0 saturated heterocycles. The molecule has 1 rings (SSSR count). The van der Waals surface area contributed by atoms with Gasteiger partial charge in [0, 0.05) is 0 Å². The van der Waals surface area contributed by atoms with Crippen LogP contribution in [0.4, 0.5) is 18.0 Å². The molecule has 0 bridgehead atoms. The number of esters is 1. The first kappa shape index (κ1) is 21.7. The van der Waals surface area contributed by atoms with Crippen LogP contribution in [-0.4, -0.2) is 45.5 Å². The molecule has 2 N–H and O–H groups in total. The highest BCUT2D eigenvalue weighted by atomic mass is 32.2. The van der Waals surface area contributed by atoms with Gasteiger partial charge in [-0.2, -0.15) is 17.9 Å². The van der Waals surface area contributed by atoms with Gasteiger partial charge in [0.1, 0.15) is 0 Å². The van der Waals surface area contributed by atoms with E-state index in [-0.39, 0.29) is 6.61 Å². The van der Waals surface area contributed by atoms with Crippen molar-refractivity contribution in [3.05, 3.63) is 30.3 Å². The SMILES string of the molecule is CCOC(=O)N[C@@](NS(=O)(=O)c1ccccc1)(C(=O)OCC)C(F)(F)F. The van der Waals surface area contributed by atoms with Gasteiger partial charge < -0.3 is 9.47 Å². The van der Waals surface area contributed by atoms with E-state index in [1.807, 2.05) is 0 Å². The highest BCUT2D eigenvalue weighted by Gasteiger charge is 2.65. The van der Waals surface area contributed by atoms with Crippen molar-refractivity contribution in [3.8, 4) is 0 Å². The lowest BCUT2D eigenvalue weighted by molar-refractivity contribution is -0.214. The summed E-state index contributed by atoms with van der Waals surface area (Å²) in [5.74, 6) is -2.06. The van der Waals surface area contributed by atoms with E-state index in [9.17, 15) is 31.2 Å². The second-order valence-electron chi connectivity index (χ2n) is 4.73. The maximum Gasteiger partial charge on any atom is 0.437 e. The maximum atomic E-state index is 13.7. The zero-order chi connectivity index (χ0) is 20.0. The molecule has 0 spiro atoms. The lowest BCUT2D eigenvalue weighted by Crippen LogP contribution is -2.73. The Balaban J connectivity index is 3.46. The van der Waals surface area contributed by atoms with E-state index in [0.717, 1.165) is 12.1 Å². The molecule has 0 fully saturated rings. The Morgan fingerprint density at radius 3 is 2.04 bits per heavy atom. The lowest BCUT2D eigenvalue weighted by Gasteiger charge is -2.33. The number of carbonyl (C=O) groups excluding carboxylic acids is 2. The molecule has 0 unspecified atom stereocenters. The van der Waals surface area contributed by atoms with Crippen molar-refractivity contribution >= 4 is 22.1 Å². The second kappa shape index (κ2) is 8.36. The van der Waals surface area contributed by atoms with Gasteiger partial charge in [-0.25, -0.2) is 18.0 Å². The van der Waals surface area contributed by atoms with Crippen LogP contribution in [0.25, 0.3) is 0 Å². The third-order valence-corrected chi connectivity index (χ3v) is 4.38. The van der Waals surface area contributed by atoms with Crippen molar-refractivity contribution in [1.82, 2.24) is 10.0 Å². The number of hydrogen-bond donors (Lipinski definition) is 2. The molecule has 26 heavy (non-hydrogen) atoms. The first-order valence-corrected chi connectivity index (χ1v) is 8.76. The van der Waals surface area contributed by atoms with Gasteiger partial charge >= 0.3 is 23.9 Å². The molecule has 0 aliphatic heterocycles. The van der Waals surface area contributed by atoms with Crippen LogP contribution >= 0.6 is 0 Å². The summed E-state index contributed by atoms with van der Waals surface area (Å²) in [6.07, 6.45) is -7.23. The van der Waals surface area contributed by atoms with Crippen molar-refractivity contribution in [2.45, 2.75) is 30.6 Å².